The number of carbonyl (C=O) groups is 1. The molecular formula is C19H21BrN6O. The normalized spacial score (nSPS) is 16.1. The van der Waals surface area contributed by atoms with Crippen LogP contribution in [0.4, 0.5) is 0 Å². The highest BCUT2D eigenvalue weighted by molar-refractivity contribution is 9.10. The van der Waals surface area contributed by atoms with Crippen LogP contribution in [0.2, 0.25) is 0 Å². The van der Waals surface area contributed by atoms with E-state index < -0.39 is 0 Å². The zero-order chi connectivity index (χ0) is 19.4. The van der Waals surface area contributed by atoms with Crippen LogP contribution < -0.4 is 11.1 Å². The molecule has 1 aliphatic carbocycles. The van der Waals surface area contributed by atoms with Gasteiger partial charge < -0.3 is 11.1 Å². The van der Waals surface area contributed by atoms with Crippen molar-refractivity contribution in [2.24, 2.45) is 11.7 Å². The summed E-state index contributed by atoms with van der Waals surface area (Å²) in [5.74, 6) is -0.147. The van der Waals surface area contributed by atoms with Crippen molar-refractivity contribution in [1.29, 1.82) is 5.41 Å². The maximum Gasteiger partial charge on any atom is 0.274 e. The van der Waals surface area contributed by atoms with Gasteiger partial charge in [0, 0.05) is 16.9 Å². The zero-order valence-electron chi connectivity index (χ0n) is 14.9. The minimum Gasteiger partial charge on any atom is -0.387 e. The first-order valence-electron chi connectivity index (χ1n) is 8.58. The van der Waals surface area contributed by atoms with Gasteiger partial charge in [0.05, 0.1) is 18.1 Å². The highest BCUT2D eigenvalue weighted by Crippen LogP contribution is 2.16. The number of amidine groups is 1. The molecule has 1 amide bonds. The summed E-state index contributed by atoms with van der Waals surface area (Å²) in [6, 6.07) is 7.94. The molecule has 8 heteroatoms. The number of benzene rings is 1. The van der Waals surface area contributed by atoms with Crippen LogP contribution in [0, 0.1) is 18.3 Å². The SMILES string of the molecule is Cc1c(C(=O)NCC2=CCC(C(=N)N)C=C2)nnn1Cc1ccc(Br)cc1. The Kier molecular flexibility index (Phi) is 5.85. The number of hydrogen-bond acceptors (Lipinski definition) is 4. The first kappa shape index (κ1) is 19.0. The summed E-state index contributed by atoms with van der Waals surface area (Å²) >= 11 is 3.42. The molecule has 0 saturated carbocycles. The zero-order valence-corrected chi connectivity index (χ0v) is 16.5. The van der Waals surface area contributed by atoms with Crippen LogP contribution in [-0.4, -0.2) is 33.3 Å². The van der Waals surface area contributed by atoms with Gasteiger partial charge >= 0.3 is 0 Å². The van der Waals surface area contributed by atoms with Crippen molar-refractivity contribution in [3.8, 4) is 0 Å². The maximum atomic E-state index is 12.5. The number of nitrogens with one attached hydrogen (secondary N) is 2. The van der Waals surface area contributed by atoms with E-state index in [1.807, 2.05) is 49.4 Å². The molecule has 1 aromatic heterocycles. The average molecular weight is 429 g/mol. The molecular weight excluding hydrogens is 408 g/mol. The monoisotopic (exact) mass is 428 g/mol. The van der Waals surface area contributed by atoms with Crippen molar-refractivity contribution in [1.82, 2.24) is 20.3 Å². The van der Waals surface area contributed by atoms with E-state index in [1.54, 1.807) is 4.68 Å². The number of carbonyl (C=O) groups excluding carboxylic acids is 1. The van der Waals surface area contributed by atoms with Gasteiger partial charge in [-0.15, -0.1) is 5.10 Å². The van der Waals surface area contributed by atoms with Crippen molar-refractivity contribution >= 4 is 27.7 Å². The van der Waals surface area contributed by atoms with Crippen molar-refractivity contribution in [2.75, 3.05) is 6.54 Å². The summed E-state index contributed by atoms with van der Waals surface area (Å²) in [6.07, 6.45) is 6.46. The molecule has 0 aliphatic heterocycles. The van der Waals surface area contributed by atoms with Gasteiger partial charge in [-0.1, -0.05) is 51.5 Å². The Hall–Kier alpha value is -2.74. The number of allylic oxidation sites excluding steroid dienone is 1. The predicted octanol–water partition coefficient (Wildman–Crippen LogP) is 2.57. The lowest BCUT2D eigenvalue weighted by Gasteiger charge is -2.15. The fraction of sp³-hybridized carbons (Fsp3) is 0.263. The smallest absolute Gasteiger partial charge is 0.274 e. The highest BCUT2D eigenvalue weighted by Gasteiger charge is 2.17. The molecule has 0 fully saturated rings. The van der Waals surface area contributed by atoms with Crippen LogP contribution in [0.3, 0.4) is 0 Å². The Labute approximate surface area is 166 Å². The summed E-state index contributed by atoms with van der Waals surface area (Å²) in [5.41, 5.74) is 8.62. The third-order valence-corrected chi connectivity index (χ3v) is 5.00. The summed E-state index contributed by atoms with van der Waals surface area (Å²) in [6.45, 7) is 2.80. The summed E-state index contributed by atoms with van der Waals surface area (Å²) < 4.78 is 2.73. The number of halogens is 1. The maximum absolute atomic E-state index is 12.5. The molecule has 0 bridgehead atoms. The van der Waals surface area contributed by atoms with E-state index in [9.17, 15) is 4.79 Å². The van der Waals surface area contributed by atoms with Gasteiger partial charge in [-0.05, 0) is 36.6 Å². The van der Waals surface area contributed by atoms with Gasteiger partial charge in [-0.3, -0.25) is 10.2 Å². The van der Waals surface area contributed by atoms with Gasteiger partial charge in [-0.25, -0.2) is 4.68 Å². The molecule has 0 saturated heterocycles. The second-order valence-corrected chi connectivity index (χ2v) is 7.34. The predicted molar refractivity (Wildman–Crippen MR) is 108 cm³/mol. The van der Waals surface area contributed by atoms with Crippen LogP contribution in [0.15, 0.2) is 52.5 Å². The molecule has 0 radical (unpaired) electrons. The number of aromatic nitrogens is 3. The van der Waals surface area contributed by atoms with Crippen molar-refractivity contribution < 1.29 is 4.79 Å². The number of nitrogens with zero attached hydrogens (tertiary/aromatic N) is 3. The second kappa shape index (κ2) is 8.30. The lowest BCUT2D eigenvalue weighted by atomic mass is 9.96. The Morgan fingerprint density at radius 1 is 1.41 bits per heavy atom. The van der Waals surface area contributed by atoms with Crippen molar-refractivity contribution in [3.63, 3.8) is 0 Å². The van der Waals surface area contributed by atoms with Gasteiger partial charge in [-0.2, -0.15) is 0 Å². The molecule has 1 aromatic carbocycles. The quantitative estimate of drug-likeness (QED) is 0.484. The molecule has 140 valence electrons. The van der Waals surface area contributed by atoms with Gasteiger partial charge in [0.25, 0.3) is 5.91 Å². The minimum absolute atomic E-state index is 0.0507. The van der Waals surface area contributed by atoms with Gasteiger partial charge in [0.2, 0.25) is 0 Å². The van der Waals surface area contributed by atoms with Gasteiger partial charge in [0.1, 0.15) is 0 Å². The highest BCUT2D eigenvalue weighted by atomic mass is 79.9. The molecule has 4 N–H and O–H groups in total. The summed E-state index contributed by atoms with van der Waals surface area (Å²) in [7, 11) is 0. The van der Waals surface area contributed by atoms with Gasteiger partial charge in [0.15, 0.2) is 5.69 Å². The van der Waals surface area contributed by atoms with E-state index in [0.717, 1.165) is 21.3 Å². The third-order valence-electron chi connectivity index (χ3n) is 4.47. The molecule has 0 spiro atoms. The minimum atomic E-state index is -0.252. The molecule has 1 atom stereocenters. The van der Waals surface area contributed by atoms with Crippen LogP contribution >= 0.6 is 15.9 Å². The van der Waals surface area contributed by atoms with E-state index in [1.165, 1.54) is 0 Å². The van der Waals surface area contributed by atoms with Crippen LogP contribution in [0.25, 0.3) is 0 Å². The molecule has 1 unspecified atom stereocenters. The van der Waals surface area contributed by atoms with Crippen molar-refractivity contribution in [2.45, 2.75) is 19.9 Å². The lowest BCUT2D eigenvalue weighted by molar-refractivity contribution is 0.0951. The lowest BCUT2D eigenvalue weighted by Crippen LogP contribution is -2.27. The first-order valence-corrected chi connectivity index (χ1v) is 9.37. The average Bonchev–Trinajstić information content (AvgIpc) is 3.02. The summed E-state index contributed by atoms with van der Waals surface area (Å²) in [4.78, 5) is 12.5. The molecule has 3 rings (SSSR count). The molecule has 1 aliphatic rings. The number of nitrogens with two attached hydrogens (primary N) is 1. The Bertz CT molecular complexity index is 913. The van der Waals surface area contributed by atoms with E-state index in [4.69, 9.17) is 11.1 Å². The van der Waals surface area contributed by atoms with E-state index >= 15 is 0 Å². The second-order valence-electron chi connectivity index (χ2n) is 6.43. The number of rotatable bonds is 6. The fourth-order valence-electron chi connectivity index (χ4n) is 2.78. The first-order chi connectivity index (χ1) is 12.9. The molecule has 27 heavy (non-hydrogen) atoms. The van der Waals surface area contributed by atoms with Crippen LogP contribution in [0.5, 0.6) is 0 Å². The standard InChI is InChI=1S/C19H21BrN6O/c1-12-17(24-25-26(12)11-14-4-8-16(20)9-5-14)19(27)23-10-13-2-6-15(7-3-13)18(21)22/h2-6,8-9,15H,7,10-11H2,1H3,(H3,21,22)(H,23,27). The summed E-state index contributed by atoms with van der Waals surface area (Å²) in [5, 5.41) is 18.5. The fourth-order valence-corrected chi connectivity index (χ4v) is 3.04. The van der Waals surface area contributed by atoms with Crippen molar-refractivity contribution in [3.05, 3.63) is 69.5 Å². The molecule has 1 heterocycles. The van der Waals surface area contributed by atoms with E-state index in [2.05, 4.69) is 31.6 Å². The van der Waals surface area contributed by atoms with E-state index in [-0.39, 0.29) is 17.7 Å². The van der Waals surface area contributed by atoms with E-state index in [0.29, 0.717) is 25.2 Å². The third kappa shape index (κ3) is 4.71. The topological polar surface area (TPSA) is 110 Å². The Morgan fingerprint density at radius 3 is 2.78 bits per heavy atom. The van der Waals surface area contributed by atoms with Crippen LogP contribution in [0.1, 0.15) is 28.2 Å². The number of hydrogen-bond donors (Lipinski definition) is 3. The molecule has 7 nitrogen and oxygen atoms in total. The Balaban J connectivity index is 1.59. The number of amides is 1. The Morgan fingerprint density at radius 2 is 2.15 bits per heavy atom. The van der Waals surface area contributed by atoms with Crippen LogP contribution in [-0.2, 0) is 6.54 Å². The largest absolute Gasteiger partial charge is 0.387 e. The molecule has 2 aromatic rings.